The molecule has 3 aromatic rings. The van der Waals surface area contributed by atoms with Gasteiger partial charge in [-0.05, 0) is 47.7 Å². The molecule has 44 heavy (non-hydrogen) atoms. The van der Waals surface area contributed by atoms with Crippen LogP contribution in [0.2, 0.25) is 0 Å². The van der Waals surface area contributed by atoms with E-state index in [-0.39, 0.29) is 51.7 Å². The van der Waals surface area contributed by atoms with Gasteiger partial charge in [-0.25, -0.2) is 0 Å². The molecule has 3 amide bonds. The van der Waals surface area contributed by atoms with Crippen molar-refractivity contribution in [2.24, 2.45) is 11.8 Å². The van der Waals surface area contributed by atoms with Crippen LogP contribution in [0.4, 0.5) is 5.69 Å². The van der Waals surface area contributed by atoms with Crippen LogP contribution in [0, 0.1) is 11.8 Å². The first-order valence-corrected chi connectivity index (χ1v) is 14.8. The summed E-state index contributed by atoms with van der Waals surface area (Å²) in [6.45, 7) is 0.162. The zero-order chi connectivity index (χ0) is 31.1. The molecule has 10 heteroatoms. The van der Waals surface area contributed by atoms with Gasteiger partial charge in [0.15, 0.2) is 0 Å². The summed E-state index contributed by atoms with van der Waals surface area (Å²) >= 11 is 0. The maximum Gasteiger partial charge on any atom is 0.309 e. The number of carbonyl (C=O) groups excluding carboxylic acids is 4. The number of hydrogen-bond donors (Lipinski definition) is 4. The first-order valence-electron chi connectivity index (χ1n) is 14.8. The monoisotopic (exact) mass is 601 g/mol. The zero-order valence-corrected chi connectivity index (χ0v) is 24.6. The maximum atomic E-state index is 13.5. The lowest BCUT2D eigenvalue weighted by atomic mass is 9.94. The van der Waals surface area contributed by atoms with Gasteiger partial charge in [0.25, 0.3) is 5.91 Å². The van der Waals surface area contributed by atoms with E-state index in [1.807, 2.05) is 72.8 Å². The number of hydrogen-bond acceptors (Lipinski definition) is 7. The van der Waals surface area contributed by atoms with Crippen LogP contribution >= 0.6 is 0 Å². The van der Waals surface area contributed by atoms with Gasteiger partial charge >= 0.3 is 5.97 Å². The molecule has 0 aliphatic carbocycles. The van der Waals surface area contributed by atoms with E-state index in [0.29, 0.717) is 18.5 Å². The molecular weight excluding hydrogens is 562 g/mol. The number of ether oxygens (including phenoxy) is 2. The molecule has 0 radical (unpaired) electrons. The molecule has 0 saturated carbocycles. The van der Waals surface area contributed by atoms with Gasteiger partial charge in [0, 0.05) is 18.7 Å². The average Bonchev–Trinajstić information content (AvgIpc) is 3.03. The van der Waals surface area contributed by atoms with Crippen LogP contribution in [0.15, 0.2) is 84.9 Å². The summed E-state index contributed by atoms with van der Waals surface area (Å²) in [6, 6.07) is 21.6. The summed E-state index contributed by atoms with van der Waals surface area (Å²) in [5, 5.41) is 19.0. The van der Waals surface area contributed by atoms with E-state index in [2.05, 4.69) is 16.0 Å². The summed E-state index contributed by atoms with van der Waals surface area (Å²) in [7, 11) is 0. The number of rotatable bonds is 11. The normalized spacial score (nSPS) is 19.2. The molecule has 1 aliphatic heterocycles. The molecule has 0 unspecified atom stereocenters. The van der Waals surface area contributed by atoms with E-state index >= 15 is 0 Å². The Hall–Kier alpha value is -4.54. The predicted octanol–water partition coefficient (Wildman–Crippen LogP) is 3.15. The van der Waals surface area contributed by atoms with Crippen molar-refractivity contribution in [1.82, 2.24) is 10.6 Å². The molecule has 0 spiro atoms. The third-order valence-corrected chi connectivity index (χ3v) is 7.32. The molecule has 1 aliphatic rings. The zero-order valence-electron chi connectivity index (χ0n) is 24.6. The van der Waals surface area contributed by atoms with Gasteiger partial charge in [0.05, 0.1) is 31.7 Å². The molecule has 4 rings (SSSR count). The van der Waals surface area contributed by atoms with Gasteiger partial charge in [-0.15, -0.1) is 0 Å². The maximum absolute atomic E-state index is 13.5. The average molecular weight is 602 g/mol. The fraction of sp³-hybridized carbons (Fsp3) is 0.353. The molecule has 0 bridgehead atoms. The molecule has 232 valence electrons. The smallest absolute Gasteiger partial charge is 0.309 e. The lowest BCUT2D eigenvalue weighted by Gasteiger charge is -2.24. The van der Waals surface area contributed by atoms with Gasteiger partial charge in [0.2, 0.25) is 11.8 Å². The minimum absolute atomic E-state index is 0.109. The fourth-order valence-corrected chi connectivity index (χ4v) is 4.94. The van der Waals surface area contributed by atoms with Crippen molar-refractivity contribution in [2.45, 2.75) is 31.7 Å². The van der Waals surface area contributed by atoms with E-state index in [1.165, 1.54) is 0 Å². The van der Waals surface area contributed by atoms with Gasteiger partial charge < -0.3 is 30.5 Å². The van der Waals surface area contributed by atoms with Crippen molar-refractivity contribution in [3.63, 3.8) is 0 Å². The standard InChI is InChI=1S/C34H39N3O7/c38-17-19-43-18-16-35-31(39)22-27-12-6-7-13-28(20-24-8-2-1-3-9-24)34(42)44-23-30(37-32(27)40)33(41)36-29-15-14-25-10-4-5-11-26(25)21-29/h1-11,14-15,21,27-28,30,38H,12-13,16-20,22-23H2,(H,35,39)(H,36,41)(H,37,40)/t27-,28-,30+/m1/s1. The van der Waals surface area contributed by atoms with Crippen molar-refractivity contribution in [2.75, 3.05) is 38.3 Å². The Morgan fingerprint density at radius 3 is 2.41 bits per heavy atom. The van der Waals surface area contributed by atoms with Crippen molar-refractivity contribution >= 4 is 40.2 Å². The Labute approximate surface area is 256 Å². The first kappa shape index (κ1) is 32.4. The molecular formula is C34H39N3O7. The highest BCUT2D eigenvalue weighted by atomic mass is 16.5. The number of fused-ring (bicyclic) bond motifs is 1. The summed E-state index contributed by atoms with van der Waals surface area (Å²) < 4.78 is 10.8. The third kappa shape index (κ3) is 10.0. The topological polar surface area (TPSA) is 143 Å². The largest absolute Gasteiger partial charge is 0.463 e. The Balaban J connectivity index is 1.50. The molecule has 10 nitrogen and oxygen atoms in total. The van der Waals surface area contributed by atoms with Crippen LogP contribution in [0.25, 0.3) is 10.8 Å². The SMILES string of the molecule is O=C(C[C@H]1CC=CC[C@H](Cc2ccccc2)C(=O)OC[C@@H](C(=O)Nc2ccc3ccccc3c2)NC1=O)NCCOCCO. The van der Waals surface area contributed by atoms with Crippen LogP contribution in [-0.4, -0.2) is 67.8 Å². The van der Waals surface area contributed by atoms with Crippen molar-refractivity contribution in [3.05, 3.63) is 90.5 Å². The minimum Gasteiger partial charge on any atom is -0.463 e. The highest BCUT2D eigenvalue weighted by molar-refractivity contribution is 5.99. The number of cyclic esters (lactones) is 1. The summed E-state index contributed by atoms with van der Waals surface area (Å²) in [4.78, 5) is 52.7. The second-order valence-corrected chi connectivity index (χ2v) is 10.7. The number of allylic oxidation sites excluding steroid dienone is 2. The minimum atomic E-state index is -1.18. The first-order chi connectivity index (χ1) is 21.4. The second-order valence-electron chi connectivity index (χ2n) is 10.7. The van der Waals surface area contributed by atoms with Crippen LogP contribution in [0.5, 0.6) is 0 Å². The van der Waals surface area contributed by atoms with Crippen molar-refractivity contribution < 1.29 is 33.8 Å². The van der Waals surface area contributed by atoms with E-state index in [9.17, 15) is 19.2 Å². The van der Waals surface area contributed by atoms with Crippen LogP contribution < -0.4 is 16.0 Å². The highest BCUT2D eigenvalue weighted by Gasteiger charge is 2.30. The number of esters is 1. The summed E-state index contributed by atoms with van der Waals surface area (Å²) in [5.41, 5.74) is 1.51. The van der Waals surface area contributed by atoms with Crippen LogP contribution in [0.1, 0.15) is 24.8 Å². The summed E-state index contributed by atoms with van der Waals surface area (Å²) in [6.07, 6.45) is 4.59. The molecule has 1 heterocycles. The highest BCUT2D eigenvalue weighted by Crippen LogP contribution is 2.21. The van der Waals surface area contributed by atoms with Crippen molar-refractivity contribution in [1.29, 1.82) is 0 Å². The van der Waals surface area contributed by atoms with E-state index in [1.54, 1.807) is 12.1 Å². The Morgan fingerprint density at radius 2 is 1.64 bits per heavy atom. The lowest BCUT2D eigenvalue weighted by Crippen LogP contribution is -2.49. The van der Waals surface area contributed by atoms with Gasteiger partial charge in [-0.3, -0.25) is 19.2 Å². The van der Waals surface area contributed by atoms with Gasteiger partial charge in [0.1, 0.15) is 12.6 Å². The van der Waals surface area contributed by atoms with Crippen LogP contribution in [-0.2, 0) is 35.1 Å². The molecule has 3 aromatic carbocycles. The number of carbonyl (C=O) groups is 4. The molecule has 0 fully saturated rings. The summed E-state index contributed by atoms with van der Waals surface area (Å²) in [5.74, 6) is -3.10. The molecule has 4 N–H and O–H groups in total. The van der Waals surface area contributed by atoms with E-state index in [4.69, 9.17) is 14.6 Å². The second kappa shape index (κ2) is 16.9. The number of amides is 3. The van der Waals surface area contributed by atoms with Crippen LogP contribution in [0.3, 0.4) is 0 Å². The number of aliphatic hydroxyl groups excluding tert-OH is 1. The van der Waals surface area contributed by atoms with E-state index in [0.717, 1.165) is 16.3 Å². The Bertz CT molecular complexity index is 1440. The Kier molecular flexibility index (Phi) is 12.5. The number of nitrogens with one attached hydrogen (secondary N) is 3. The molecule has 0 saturated heterocycles. The molecule has 3 atom stereocenters. The fourth-order valence-electron chi connectivity index (χ4n) is 4.94. The third-order valence-electron chi connectivity index (χ3n) is 7.32. The lowest BCUT2D eigenvalue weighted by molar-refractivity contribution is -0.150. The Morgan fingerprint density at radius 1 is 0.909 bits per heavy atom. The quantitative estimate of drug-likeness (QED) is 0.150. The van der Waals surface area contributed by atoms with Gasteiger partial charge in [-0.2, -0.15) is 0 Å². The van der Waals surface area contributed by atoms with Gasteiger partial charge in [-0.1, -0.05) is 72.8 Å². The number of benzene rings is 3. The predicted molar refractivity (Wildman–Crippen MR) is 166 cm³/mol. The van der Waals surface area contributed by atoms with Crippen molar-refractivity contribution in [3.8, 4) is 0 Å². The molecule has 0 aromatic heterocycles. The number of aliphatic hydroxyl groups is 1. The van der Waals surface area contributed by atoms with E-state index < -0.39 is 35.7 Å². The number of anilines is 1.